The fourth-order valence-electron chi connectivity index (χ4n) is 3.70. The Labute approximate surface area is 137 Å². The average molecular weight is 312 g/mol. The maximum absolute atomic E-state index is 12.7. The molecular formula is C18H24N4O. The van der Waals surface area contributed by atoms with E-state index in [1.165, 1.54) is 18.5 Å². The summed E-state index contributed by atoms with van der Waals surface area (Å²) >= 11 is 0. The molecule has 2 aliphatic heterocycles. The van der Waals surface area contributed by atoms with Gasteiger partial charge in [0.1, 0.15) is 0 Å². The number of hydrogen-bond donors (Lipinski definition) is 2. The summed E-state index contributed by atoms with van der Waals surface area (Å²) in [7, 11) is 2.02. The molecule has 1 saturated carbocycles. The molecule has 3 aliphatic rings. The third-order valence-corrected chi connectivity index (χ3v) is 5.23. The van der Waals surface area contributed by atoms with Crippen LogP contribution >= 0.6 is 0 Å². The summed E-state index contributed by atoms with van der Waals surface area (Å²) in [6.45, 7) is 2.10. The first-order chi connectivity index (χ1) is 11.2. The Morgan fingerprint density at radius 3 is 2.87 bits per heavy atom. The van der Waals surface area contributed by atoms with E-state index in [1.54, 1.807) is 0 Å². The topological polar surface area (TPSA) is 61.6 Å². The zero-order chi connectivity index (χ0) is 16.0. The molecule has 3 N–H and O–H groups in total. The van der Waals surface area contributed by atoms with E-state index in [2.05, 4.69) is 17.6 Å². The van der Waals surface area contributed by atoms with E-state index in [9.17, 15) is 4.79 Å². The quantitative estimate of drug-likeness (QED) is 0.866. The third-order valence-electron chi connectivity index (χ3n) is 5.23. The van der Waals surface area contributed by atoms with Crippen LogP contribution < -0.4 is 11.2 Å². The number of nitrogens with one attached hydrogen (secondary N) is 1. The zero-order valence-electron chi connectivity index (χ0n) is 13.6. The van der Waals surface area contributed by atoms with Gasteiger partial charge in [-0.05, 0) is 41.7 Å². The molecule has 1 amide bonds. The van der Waals surface area contributed by atoms with Crippen molar-refractivity contribution >= 4 is 11.6 Å². The molecule has 0 saturated heterocycles. The minimum atomic E-state index is 0.148. The van der Waals surface area contributed by atoms with Gasteiger partial charge in [0.15, 0.2) is 0 Å². The number of fused-ring (bicyclic) bond motifs is 1. The SMILES string of the molecule is CN1NCC=C1c1ccc2c(c1)CN([C@H](CN)CC1CC1)C2=O. The van der Waals surface area contributed by atoms with Crippen LogP contribution in [0.4, 0.5) is 0 Å². The highest BCUT2D eigenvalue weighted by atomic mass is 16.2. The summed E-state index contributed by atoms with van der Waals surface area (Å²) in [5, 5.41) is 2.03. The van der Waals surface area contributed by atoms with Gasteiger partial charge in [-0.1, -0.05) is 18.9 Å². The maximum Gasteiger partial charge on any atom is 0.254 e. The summed E-state index contributed by atoms with van der Waals surface area (Å²) < 4.78 is 0. The summed E-state index contributed by atoms with van der Waals surface area (Å²) in [4.78, 5) is 14.7. The van der Waals surface area contributed by atoms with Crippen LogP contribution in [0.25, 0.3) is 5.70 Å². The summed E-state index contributed by atoms with van der Waals surface area (Å²) in [5.41, 5.74) is 13.5. The Kier molecular flexibility index (Phi) is 3.62. The molecule has 1 aromatic carbocycles. The van der Waals surface area contributed by atoms with Crippen molar-refractivity contribution < 1.29 is 4.79 Å². The molecule has 23 heavy (non-hydrogen) atoms. The first-order valence-corrected chi connectivity index (χ1v) is 8.49. The van der Waals surface area contributed by atoms with E-state index in [0.717, 1.165) is 35.6 Å². The summed E-state index contributed by atoms with van der Waals surface area (Å²) in [6, 6.07) is 6.37. The van der Waals surface area contributed by atoms with Crippen molar-refractivity contribution in [1.29, 1.82) is 0 Å². The van der Waals surface area contributed by atoms with Crippen molar-refractivity contribution in [2.24, 2.45) is 11.7 Å². The minimum absolute atomic E-state index is 0.148. The molecule has 5 heteroatoms. The lowest BCUT2D eigenvalue weighted by atomic mass is 10.0. The Balaban J connectivity index is 1.58. The second kappa shape index (κ2) is 5.65. The fraction of sp³-hybridized carbons (Fsp3) is 0.500. The molecule has 1 fully saturated rings. The van der Waals surface area contributed by atoms with Gasteiger partial charge in [-0.25, -0.2) is 5.43 Å². The van der Waals surface area contributed by atoms with E-state index in [1.807, 2.05) is 29.1 Å². The molecule has 0 unspecified atom stereocenters. The van der Waals surface area contributed by atoms with Crippen molar-refractivity contribution in [3.05, 3.63) is 41.0 Å². The highest BCUT2D eigenvalue weighted by Crippen LogP contribution is 2.36. The number of carbonyl (C=O) groups excluding carboxylic acids is 1. The van der Waals surface area contributed by atoms with Crippen LogP contribution in [0.1, 0.15) is 40.7 Å². The number of nitrogens with zero attached hydrogens (tertiary/aromatic N) is 2. The molecule has 0 bridgehead atoms. The monoisotopic (exact) mass is 312 g/mol. The van der Waals surface area contributed by atoms with Gasteiger partial charge in [-0.3, -0.25) is 4.79 Å². The van der Waals surface area contributed by atoms with Crippen LogP contribution in [-0.2, 0) is 6.54 Å². The van der Waals surface area contributed by atoms with E-state index in [4.69, 9.17) is 5.73 Å². The first-order valence-electron chi connectivity index (χ1n) is 8.49. The van der Waals surface area contributed by atoms with Crippen molar-refractivity contribution in [3.8, 4) is 0 Å². The number of carbonyl (C=O) groups is 1. The second-order valence-corrected chi connectivity index (χ2v) is 6.88. The van der Waals surface area contributed by atoms with Gasteiger partial charge in [-0.15, -0.1) is 0 Å². The van der Waals surface area contributed by atoms with Gasteiger partial charge >= 0.3 is 0 Å². The van der Waals surface area contributed by atoms with Gasteiger partial charge in [0, 0.05) is 38.3 Å². The average Bonchev–Trinajstić information content (AvgIpc) is 3.19. The second-order valence-electron chi connectivity index (χ2n) is 6.88. The Morgan fingerprint density at radius 2 is 2.22 bits per heavy atom. The zero-order valence-corrected chi connectivity index (χ0v) is 13.6. The lowest BCUT2D eigenvalue weighted by molar-refractivity contribution is 0.0695. The van der Waals surface area contributed by atoms with Crippen molar-refractivity contribution in [1.82, 2.24) is 15.3 Å². The molecule has 122 valence electrons. The Morgan fingerprint density at radius 1 is 1.39 bits per heavy atom. The lowest BCUT2D eigenvalue weighted by Gasteiger charge is -2.26. The molecule has 0 spiro atoms. The van der Waals surface area contributed by atoms with Gasteiger partial charge in [0.2, 0.25) is 0 Å². The van der Waals surface area contributed by atoms with Gasteiger partial charge in [0.05, 0.1) is 5.70 Å². The number of nitrogens with two attached hydrogens (primary N) is 1. The molecule has 1 aliphatic carbocycles. The normalized spacial score (nSPS) is 21.7. The van der Waals surface area contributed by atoms with Crippen molar-refractivity contribution in [2.45, 2.75) is 31.8 Å². The van der Waals surface area contributed by atoms with E-state index in [0.29, 0.717) is 13.1 Å². The largest absolute Gasteiger partial charge is 0.330 e. The van der Waals surface area contributed by atoms with Gasteiger partial charge in [0.25, 0.3) is 5.91 Å². The predicted molar refractivity (Wildman–Crippen MR) is 90.2 cm³/mol. The fourth-order valence-corrected chi connectivity index (χ4v) is 3.70. The maximum atomic E-state index is 12.7. The molecule has 1 aromatic rings. The summed E-state index contributed by atoms with van der Waals surface area (Å²) in [6.07, 6.45) is 5.82. The number of amides is 1. The lowest BCUT2D eigenvalue weighted by Crippen LogP contribution is -2.41. The van der Waals surface area contributed by atoms with E-state index < -0.39 is 0 Å². The van der Waals surface area contributed by atoms with Crippen LogP contribution in [-0.4, -0.2) is 42.0 Å². The molecule has 0 radical (unpaired) electrons. The number of benzene rings is 1. The number of hydrogen-bond acceptors (Lipinski definition) is 4. The molecule has 5 nitrogen and oxygen atoms in total. The molecule has 1 atom stereocenters. The van der Waals surface area contributed by atoms with E-state index >= 15 is 0 Å². The van der Waals surface area contributed by atoms with Crippen LogP contribution in [0.5, 0.6) is 0 Å². The smallest absolute Gasteiger partial charge is 0.254 e. The van der Waals surface area contributed by atoms with Crippen LogP contribution in [0.15, 0.2) is 24.3 Å². The molecular weight excluding hydrogens is 288 g/mol. The van der Waals surface area contributed by atoms with Gasteiger partial charge in [-0.2, -0.15) is 0 Å². The predicted octanol–water partition coefficient (Wildman–Crippen LogP) is 1.56. The number of rotatable bonds is 5. The third kappa shape index (κ3) is 2.64. The molecule has 2 heterocycles. The van der Waals surface area contributed by atoms with Crippen LogP contribution in [0.3, 0.4) is 0 Å². The first kappa shape index (κ1) is 14.7. The molecule has 4 rings (SSSR count). The summed E-state index contributed by atoms with van der Waals surface area (Å²) in [5.74, 6) is 0.925. The van der Waals surface area contributed by atoms with Gasteiger partial charge < -0.3 is 15.6 Å². The van der Waals surface area contributed by atoms with Crippen LogP contribution in [0, 0.1) is 5.92 Å². The van der Waals surface area contributed by atoms with Crippen molar-refractivity contribution in [2.75, 3.05) is 20.1 Å². The standard InChI is InChI=1S/C18H24N4O/c1-21-17(6-7-20-21)13-4-5-16-14(9-13)11-22(18(16)23)15(10-19)8-12-2-3-12/h4-6,9,12,15,20H,2-3,7-8,10-11,19H2,1H3/t15-/m0/s1. The highest BCUT2D eigenvalue weighted by molar-refractivity contribution is 5.99. The highest BCUT2D eigenvalue weighted by Gasteiger charge is 2.35. The molecule has 0 aromatic heterocycles. The minimum Gasteiger partial charge on any atom is -0.330 e. The van der Waals surface area contributed by atoms with Crippen molar-refractivity contribution in [3.63, 3.8) is 0 Å². The Bertz CT molecular complexity index is 665. The van der Waals surface area contributed by atoms with E-state index in [-0.39, 0.29) is 11.9 Å². The van der Waals surface area contributed by atoms with Crippen LogP contribution in [0.2, 0.25) is 0 Å². The Hall–Kier alpha value is -1.85. The number of hydrazine groups is 1.